The van der Waals surface area contributed by atoms with Crippen molar-refractivity contribution in [3.63, 3.8) is 0 Å². The number of hydrogen-bond acceptors (Lipinski definition) is 2. The zero-order valence-electron chi connectivity index (χ0n) is 13.9. The highest BCUT2D eigenvalue weighted by molar-refractivity contribution is 5.94. The highest BCUT2D eigenvalue weighted by Crippen LogP contribution is 2.21. The topological polar surface area (TPSA) is 33.5 Å². The Labute approximate surface area is 147 Å². The van der Waals surface area contributed by atoms with E-state index in [4.69, 9.17) is 4.42 Å². The lowest BCUT2D eigenvalue weighted by molar-refractivity contribution is 0.0720. The van der Waals surface area contributed by atoms with Crippen molar-refractivity contribution in [1.82, 2.24) is 4.90 Å². The van der Waals surface area contributed by atoms with Crippen LogP contribution < -0.4 is 0 Å². The van der Waals surface area contributed by atoms with E-state index in [2.05, 4.69) is 24.3 Å². The third kappa shape index (κ3) is 3.41. The SMILES string of the molecule is O=C(c1ccc(C=Cc2ccccc2)cc1)N1CCc2ccoc2C1. The highest BCUT2D eigenvalue weighted by atomic mass is 16.3. The van der Waals surface area contributed by atoms with E-state index < -0.39 is 0 Å². The molecule has 0 radical (unpaired) electrons. The summed E-state index contributed by atoms with van der Waals surface area (Å²) in [6.07, 6.45) is 6.68. The van der Waals surface area contributed by atoms with Gasteiger partial charge in [-0.2, -0.15) is 0 Å². The number of furan rings is 1. The third-order valence-electron chi connectivity index (χ3n) is 4.54. The van der Waals surface area contributed by atoms with E-state index in [0.29, 0.717) is 12.1 Å². The molecule has 0 saturated heterocycles. The summed E-state index contributed by atoms with van der Waals surface area (Å²) < 4.78 is 5.46. The van der Waals surface area contributed by atoms with Crippen LogP contribution in [0.3, 0.4) is 0 Å². The Bertz CT molecular complexity index is 891. The molecule has 1 amide bonds. The summed E-state index contributed by atoms with van der Waals surface area (Å²) in [7, 11) is 0. The predicted molar refractivity (Wildman–Crippen MR) is 99.0 cm³/mol. The van der Waals surface area contributed by atoms with Gasteiger partial charge in [0, 0.05) is 12.1 Å². The van der Waals surface area contributed by atoms with Crippen molar-refractivity contribution >= 4 is 18.1 Å². The fourth-order valence-electron chi connectivity index (χ4n) is 3.09. The lowest BCUT2D eigenvalue weighted by Crippen LogP contribution is -2.35. The molecule has 2 aromatic carbocycles. The standard InChI is InChI=1S/C22H19NO2/c24-22(23-14-12-19-13-15-25-21(19)16-23)20-10-8-18(9-11-20)7-6-17-4-2-1-3-5-17/h1-11,13,15H,12,14,16H2. The molecular weight excluding hydrogens is 310 g/mol. The molecule has 1 aromatic heterocycles. The first-order valence-electron chi connectivity index (χ1n) is 8.47. The summed E-state index contributed by atoms with van der Waals surface area (Å²) in [6, 6.07) is 19.9. The summed E-state index contributed by atoms with van der Waals surface area (Å²) in [4.78, 5) is 14.5. The van der Waals surface area contributed by atoms with Gasteiger partial charge in [0.2, 0.25) is 0 Å². The van der Waals surface area contributed by atoms with Crippen LogP contribution in [0.1, 0.15) is 32.8 Å². The average Bonchev–Trinajstić information content (AvgIpc) is 3.15. The minimum Gasteiger partial charge on any atom is -0.467 e. The maximum atomic E-state index is 12.7. The van der Waals surface area contributed by atoms with Crippen molar-refractivity contribution in [1.29, 1.82) is 0 Å². The van der Waals surface area contributed by atoms with Crippen LogP contribution in [0.2, 0.25) is 0 Å². The molecule has 4 rings (SSSR count). The Morgan fingerprint density at radius 2 is 1.64 bits per heavy atom. The summed E-state index contributed by atoms with van der Waals surface area (Å²) in [6.45, 7) is 1.29. The van der Waals surface area contributed by atoms with E-state index in [0.717, 1.165) is 29.9 Å². The van der Waals surface area contributed by atoms with E-state index >= 15 is 0 Å². The number of carbonyl (C=O) groups is 1. The number of fused-ring (bicyclic) bond motifs is 1. The zero-order chi connectivity index (χ0) is 17.1. The van der Waals surface area contributed by atoms with Crippen LogP contribution >= 0.6 is 0 Å². The fourth-order valence-corrected chi connectivity index (χ4v) is 3.09. The van der Waals surface area contributed by atoms with E-state index in [-0.39, 0.29) is 5.91 Å². The van der Waals surface area contributed by atoms with E-state index in [9.17, 15) is 4.79 Å². The third-order valence-corrected chi connectivity index (χ3v) is 4.54. The molecule has 2 heterocycles. The predicted octanol–water partition coefficient (Wildman–Crippen LogP) is 4.65. The molecule has 1 aliphatic rings. The van der Waals surface area contributed by atoms with Crippen molar-refractivity contribution in [2.24, 2.45) is 0 Å². The van der Waals surface area contributed by atoms with Crippen LogP contribution in [0.25, 0.3) is 12.2 Å². The lowest BCUT2D eigenvalue weighted by atomic mass is 10.1. The van der Waals surface area contributed by atoms with Crippen LogP contribution in [0, 0.1) is 0 Å². The summed E-state index contributed by atoms with van der Waals surface area (Å²) in [5.74, 6) is 0.961. The van der Waals surface area contributed by atoms with E-state index in [1.807, 2.05) is 53.4 Å². The van der Waals surface area contributed by atoms with Crippen LogP contribution in [-0.4, -0.2) is 17.4 Å². The van der Waals surface area contributed by atoms with Crippen LogP contribution in [0.5, 0.6) is 0 Å². The molecular formula is C22H19NO2. The van der Waals surface area contributed by atoms with Crippen LogP contribution in [0.15, 0.2) is 71.3 Å². The van der Waals surface area contributed by atoms with Crippen molar-refractivity contribution in [2.45, 2.75) is 13.0 Å². The van der Waals surface area contributed by atoms with Gasteiger partial charge in [-0.05, 0) is 41.3 Å². The zero-order valence-corrected chi connectivity index (χ0v) is 13.9. The van der Waals surface area contributed by atoms with Gasteiger partial charge >= 0.3 is 0 Å². The second-order valence-corrected chi connectivity index (χ2v) is 6.21. The van der Waals surface area contributed by atoms with Crippen molar-refractivity contribution < 1.29 is 9.21 Å². The molecule has 0 bridgehead atoms. The van der Waals surface area contributed by atoms with Gasteiger partial charge in [-0.15, -0.1) is 0 Å². The van der Waals surface area contributed by atoms with Crippen molar-refractivity contribution in [2.75, 3.05) is 6.54 Å². The van der Waals surface area contributed by atoms with E-state index in [1.54, 1.807) is 6.26 Å². The van der Waals surface area contributed by atoms with Gasteiger partial charge in [0.15, 0.2) is 0 Å². The average molecular weight is 329 g/mol. The van der Waals surface area contributed by atoms with Crippen molar-refractivity contribution in [3.05, 3.63) is 94.9 Å². The quantitative estimate of drug-likeness (QED) is 0.655. The second kappa shape index (κ2) is 6.81. The molecule has 0 aliphatic carbocycles. The maximum Gasteiger partial charge on any atom is 0.254 e. The van der Waals surface area contributed by atoms with Gasteiger partial charge in [0.05, 0.1) is 12.8 Å². The Morgan fingerprint density at radius 1 is 0.920 bits per heavy atom. The molecule has 3 nitrogen and oxygen atoms in total. The molecule has 0 spiro atoms. The first-order chi connectivity index (χ1) is 12.3. The van der Waals surface area contributed by atoms with Crippen LogP contribution in [-0.2, 0) is 13.0 Å². The Kier molecular flexibility index (Phi) is 4.21. The van der Waals surface area contributed by atoms with Gasteiger partial charge in [-0.25, -0.2) is 0 Å². The molecule has 0 saturated carbocycles. The molecule has 0 fully saturated rings. The van der Waals surface area contributed by atoms with Gasteiger partial charge in [0.25, 0.3) is 5.91 Å². The van der Waals surface area contributed by atoms with Gasteiger partial charge < -0.3 is 9.32 Å². The molecule has 124 valence electrons. The molecule has 3 aromatic rings. The first kappa shape index (κ1) is 15.5. The number of hydrogen-bond donors (Lipinski definition) is 0. The summed E-state index contributed by atoms with van der Waals surface area (Å²) in [5, 5.41) is 0. The number of carbonyl (C=O) groups excluding carboxylic acids is 1. The molecule has 0 unspecified atom stereocenters. The fraction of sp³-hybridized carbons (Fsp3) is 0.136. The van der Waals surface area contributed by atoms with Gasteiger partial charge in [-0.3, -0.25) is 4.79 Å². The minimum atomic E-state index is 0.0561. The number of nitrogens with zero attached hydrogens (tertiary/aromatic N) is 1. The van der Waals surface area contributed by atoms with Crippen molar-refractivity contribution in [3.8, 4) is 0 Å². The van der Waals surface area contributed by atoms with Crippen LogP contribution in [0.4, 0.5) is 0 Å². The lowest BCUT2D eigenvalue weighted by Gasteiger charge is -2.26. The second-order valence-electron chi connectivity index (χ2n) is 6.21. The Balaban J connectivity index is 1.45. The summed E-state index contributed by atoms with van der Waals surface area (Å²) in [5.41, 5.74) is 4.16. The van der Waals surface area contributed by atoms with Gasteiger partial charge in [-0.1, -0.05) is 54.6 Å². The number of rotatable bonds is 3. The van der Waals surface area contributed by atoms with Gasteiger partial charge in [0.1, 0.15) is 5.76 Å². The maximum absolute atomic E-state index is 12.7. The molecule has 25 heavy (non-hydrogen) atoms. The molecule has 0 atom stereocenters. The number of amides is 1. The minimum absolute atomic E-state index is 0.0561. The monoisotopic (exact) mass is 329 g/mol. The highest BCUT2D eigenvalue weighted by Gasteiger charge is 2.23. The number of benzene rings is 2. The first-order valence-corrected chi connectivity index (χ1v) is 8.47. The summed E-state index contributed by atoms with van der Waals surface area (Å²) >= 11 is 0. The molecule has 1 aliphatic heterocycles. The molecule has 0 N–H and O–H groups in total. The molecule has 3 heteroatoms. The normalized spacial score (nSPS) is 13.8. The smallest absolute Gasteiger partial charge is 0.254 e. The Morgan fingerprint density at radius 3 is 2.40 bits per heavy atom. The Hall–Kier alpha value is -3.07. The van der Waals surface area contributed by atoms with E-state index in [1.165, 1.54) is 5.56 Å². The largest absolute Gasteiger partial charge is 0.467 e.